The van der Waals surface area contributed by atoms with Crippen molar-refractivity contribution < 1.29 is 42.9 Å². The lowest BCUT2D eigenvalue weighted by Crippen LogP contribution is -2.40. The number of unbranched alkanes of at least 4 members (excludes halogenated alkanes) is 23. The molecule has 0 aromatic rings. The van der Waals surface area contributed by atoms with Crippen molar-refractivity contribution in [3.05, 3.63) is 182 Å². The molecule has 1 N–H and O–H groups in total. The third-order valence-corrected chi connectivity index (χ3v) is 15.7. The Labute approximate surface area is 583 Å². The van der Waals surface area contributed by atoms with Gasteiger partial charge in [0.05, 0.1) is 34.4 Å². The largest absolute Gasteiger partial charge is 0.477 e. The lowest BCUT2D eigenvalue weighted by molar-refractivity contribution is -0.870. The average molecular weight is 1320 g/mol. The second kappa shape index (κ2) is 74.2. The maximum Gasteiger partial charge on any atom is 0.361 e. The van der Waals surface area contributed by atoms with Crippen molar-refractivity contribution in [2.24, 2.45) is 0 Å². The monoisotopic (exact) mass is 1320 g/mol. The van der Waals surface area contributed by atoms with Gasteiger partial charge >= 0.3 is 17.9 Å². The molecule has 9 nitrogen and oxygen atoms in total. The van der Waals surface area contributed by atoms with Crippen LogP contribution in [0.2, 0.25) is 0 Å². The van der Waals surface area contributed by atoms with Crippen LogP contribution in [0.4, 0.5) is 0 Å². The molecule has 0 aliphatic carbocycles. The Hall–Kier alpha value is -5.61. The van der Waals surface area contributed by atoms with E-state index in [4.69, 9.17) is 18.9 Å². The van der Waals surface area contributed by atoms with Crippen molar-refractivity contribution >= 4 is 17.9 Å². The number of hydrogen-bond donors (Lipinski definition) is 1. The van der Waals surface area contributed by atoms with Crippen molar-refractivity contribution in [2.45, 2.75) is 296 Å². The Morgan fingerprint density at radius 3 is 0.863 bits per heavy atom. The van der Waals surface area contributed by atoms with Gasteiger partial charge in [-0.15, -0.1) is 0 Å². The molecule has 0 aromatic heterocycles. The number of allylic oxidation sites excluding steroid dienone is 30. The van der Waals surface area contributed by atoms with Crippen molar-refractivity contribution in [1.29, 1.82) is 0 Å². The molecule has 0 radical (unpaired) electrons. The molecule has 0 saturated heterocycles. The summed E-state index contributed by atoms with van der Waals surface area (Å²) in [6, 6.07) is 0. The fraction of sp³-hybridized carbons (Fsp3) is 0.616. The Morgan fingerprint density at radius 2 is 0.568 bits per heavy atom. The topological polar surface area (TPSA) is 108 Å². The van der Waals surface area contributed by atoms with Gasteiger partial charge in [-0.1, -0.05) is 318 Å². The van der Waals surface area contributed by atoms with Gasteiger partial charge in [-0.3, -0.25) is 9.59 Å². The van der Waals surface area contributed by atoms with Gasteiger partial charge in [0.2, 0.25) is 0 Å². The highest BCUT2D eigenvalue weighted by atomic mass is 16.7. The number of carbonyl (C=O) groups is 3. The first-order chi connectivity index (χ1) is 46.6. The van der Waals surface area contributed by atoms with Crippen LogP contribution in [0.25, 0.3) is 0 Å². The SMILES string of the molecule is CC/C=C\C/C=C\C/C=C\C/C=C\C/C=C\C/C=C\C/C=C\C/C=C\C/C=C\C/C=C\CCCCC(=O)OC(COC(=O)CCCCCCCCCCCCCCCCCCCCCCC/C=C\C/C=C\C/C=C\C/C=C\C/C=C\CC)COC(OCC[N+](C)(C)C)C(=O)O. The Balaban J connectivity index is 4.16. The van der Waals surface area contributed by atoms with Gasteiger partial charge in [0.1, 0.15) is 13.2 Å². The molecule has 0 aromatic carbocycles. The number of carboxylic acids is 1. The minimum atomic E-state index is -1.53. The van der Waals surface area contributed by atoms with E-state index in [1.54, 1.807) is 0 Å². The van der Waals surface area contributed by atoms with Crippen molar-refractivity contribution in [2.75, 3.05) is 47.5 Å². The van der Waals surface area contributed by atoms with Gasteiger partial charge in [-0.05, 0) is 135 Å². The van der Waals surface area contributed by atoms with E-state index in [0.717, 1.165) is 128 Å². The zero-order valence-corrected chi connectivity index (χ0v) is 61.3. The highest BCUT2D eigenvalue weighted by molar-refractivity contribution is 5.71. The lowest BCUT2D eigenvalue weighted by atomic mass is 10.0. The van der Waals surface area contributed by atoms with Crippen LogP contribution < -0.4 is 0 Å². The van der Waals surface area contributed by atoms with E-state index in [9.17, 15) is 19.5 Å². The standard InChI is InChI=1S/C86H139NO8/c1-6-8-10-12-14-16-18-20-22-24-26-28-30-32-34-36-38-40-41-42-43-45-46-48-50-52-54-56-58-60-62-64-66-68-70-72-74-76-83(88)93-80-82(81-94-86(85(90)91)92-79-78-87(3,4)5)95-84(89)77-75-73-71-69-67-65-63-61-59-57-55-53-51-49-47-44-39-37-35-33-31-29-27-25-23-21-19-17-15-13-11-9-7-2/h8-11,14-17,20-23,26-29,32-35,39,44,49,51,55,57,61,63,67,69,82,86H,6-7,12-13,18-19,24-25,30-31,36-38,40-43,45-48,50,52-54,56,58-60,62,64-66,68,70-81H2,1-5H3/p+1/b10-8-,11-9-,16-14-,17-15-,22-20-,23-21-,28-26-,29-27-,34-32-,35-33-,44-39-,51-49-,57-55-,63-61-,69-67-. The molecule has 0 heterocycles. The second-order valence-corrected chi connectivity index (χ2v) is 25.8. The molecule has 0 rings (SSSR count). The summed E-state index contributed by atoms with van der Waals surface area (Å²) in [6.07, 6.45) is 110. The summed E-state index contributed by atoms with van der Waals surface area (Å²) in [5.41, 5.74) is 0. The van der Waals surface area contributed by atoms with E-state index in [-0.39, 0.29) is 38.6 Å². The number of aliphatic carboxylic acids is 1. The van der Waals surface area contributed by atoms with E-state index in [0.29, 0.717) is 17.4 Å². The number of carbonyl (C=O) groups excluding carboxylic acids is 2. The fourth-order valence-corrected chi connectivity index (χ4v) is 9.95. The highest BCUT2D eigenvalue weighted by Crippen LogP contribution is 2.17. The molecule has 95 heavy (non-hydrogen) atoms. The summed E-state index contributed by atoms with van der Waals surface area (Å²) in [6.45, 7) is 4.60. The molecule has 0 saturated carbocycles. The summed E-state index contributed by atoms with van der Waals surface area (Å²) in [7, 11) is 5.96. The number of quaternary nitrogens is 1. The number of carboxylic acid groups (broad SMARTS) is 1. The second-order valence-electron chi connectivity index (χ2n) is 25.8. The summed E-state index contributed by atoms with van der Waals surface area (Å²) in [5.74, 6) is -2.07. The van der Waals surface area contributed by atoms with E-state index >= 15 is 0 Å². The molecule has 0 aliphatic rings. The molecular weight excluding hydrogens is 1170 g/mol. The summed E-state index contributed by atoms with van der Waals surface area (Å²) in [5, 5.41) is 9.76. The van der Waals surface area contributed by atoms with Gasteiger partial charge < -0.3 is 28.5 Å². The molecule has 0 fully saturated rings. The number of esters is 2. The number of nitrogens with zero attached hydrogens (tertiary/aromatic N) is 1. The molecule has 0 amide bonds. The maximum atomic E-state index is 12.9. The van der Waals surface area contributed by atoms with Crippen molar-refractivity contribution in [3.8, 4) is 0 Å². The molecular formula is C86H140NO8+. The predicted molar refractivity (Wildman–Crippen MR) is 409 cm³/mol. The quantitative estimate of drug-likeness (QED) is 0.0211. The van der Waals surface area contributed by atoms with Gasteiger partial charge in [-0.2, -0.15) is 0 Å². The Bertz CT molecular complexity index is 2220. The molecule has 9 heteroatoms. The highest BCUT2D eigenvalue weighted by Gasteiger charge is 2.25. The van der Waals surface area contributed by atoms with Crippen molar-refractivity contribution in [1.82, 2.24) is 0 Å². The maximum absolute atomic E-state index is 12.9. The molecule has 2 unspecified atom stereocenters. The van der Waals surface area contributed by atoms with E-state index < -0.39 is 24.3 Å². The summed E-state index contributed by atoms with van der Waals surface area (Å²) >= 11 is 0. The lowest BCUT2D eigenvalue weighted by Gasteiger charge is -2.25. The predicted octanol–water partition coefficient (Wildman–Crippen LogP) is 24.4. The first-order valence-corrected chi connectivity index (χ1v) is 37.9. The minimum absolute atomic E-state index is 0.171. The smallest absolute Gasteiger partial charge is 0.361 e. The van der Waals surface area contributed by atoms with E-state index in [1.165, 1.54) is 122 Å². The number of hydrogen-bond acceptors (Lipinski definition) is 7. The third kappa shape index (κ3) is 75.6. The number of likely N-dealkylation sites (N-methyl/N-ethyl adjacent to an activating group) is 1. The Kier molecular flexibility index (Phi) is 69.8. The van der Waals surface area contributed by atoms with Gasteiger partial charge in [0, 0.05) is 12.8 Å². The summed E-state index contributed by atoms with van der Waals surface area (Å²) in [4.78, 5) is 37.7. The van der Waals surface area contributed by atoms with Crippen LogP contribution in [0, 0.1) is 0 Å². The van der Waals surface area contributed by atoms with Crippen LogP contribution in [0.3, 0.4) is 0 Å². The molecule has 2 atom stereocenters. The first kappa shape index (κ1) is 89.4. The zero-order chi connectivity index (χ0) is 69.0. The van der Waals surface area contributed by atoms with Gasteiger partial charge in [0.25, 0.3) is 6.29 Å². The molecule has 0 spiro atoms. The van der Waals surface area contributed by atoms with Crippen molar-refractivity contribution in [3.63, 3.8) is 0 Å². The summed E-state index contributed by atoms with van der Waals surface area (Å²) < 4.78 is 22.9. The van der Waals surface area contributed by atoms with Gasteiger partial charge in [0.15, 0.2) is 6.10 Å². The van der Waals surface area contributed by atoms with Crippen LogP contribution in [0.1, 0.15) is 284 Å². The normalized spacial score (nSPS) is 13.7. The number of ether oxygens (including phenoxy) is 4. The fourth-order valence-electron chi connectivity index (χ4n) is 9.95. The molecule has 0 aliphatic heterocycles. The number of rotatable bonds is 68. The van der Waals surface area contributed by atoms with Crippen LogP contribution in [-0.2, 0) is 33.3 Å². The average Bonchev–Trinajstić information content (AvgIpc) is 3.75. The van der Waals surface area contributed by atoms with Crippen LogP contribution in [0.5, 0.6) is 0 Å². The van der Waals surface area contributed by atoms with Crippen LogP contribution in [0.15, 0.2) is 182 Å². The van der Waals surface area contributed by atoms with Crippen LogP contribution >= 0.6 is 0 Å². The first-order valence-electron chi connectivity index (χ1n) is 37.9. The van der Waals surface area contributed by atoms with Crippen LogP contribution in [-0.4, -0.2) is 87.4 Å². The molecule has 536 valence electrons. The minimum Gasteiger partial charge on any atom is -0.477 e. The third-order valence-electron chi connectivity index (χ3n) is 15.7. The van der Waals surface area contributed by atoms with E-state index in [2.05, 4.69) is 196 Å². The zero-order valence-electron chi connectivity index (χ0n) is 61.3. The molecule has 0 bridgehead atoms. The Morgan fingerprint density at radius 1 is 0.316 bits per heavy atom. The van der Waals surface area contributed by atoms with Gasteiger partial charge in [-0.25, -0.2) is 4.79 Å². The van der Waals surface area contributed by atoms with E-state index in [1.807, 2.05) is 21.1 Å².